The van der Waals surface area contributed by atoms with Gasteiger partial charge in [0.15, 0.2) is 6.23 Å². The molecule has 2 rings (SSSR count). The average molecular weight is 347 g/mol. The second kappa shape index (κ2) is 6.34. The normalized spacial score (nSPS) is 27.8. The molecule has 0 bridgehead atoms. The SMILES string of the molecule is N#Cc1cc(=O)[nH]c(=O)n1[C@@H]1O[C@H](COP(=O)([O-])[O-])[C@H](O)C1O. The molecule has 23 heavy (non-hydrogen) atoms. The third kappa shape index (κ3) is 3.74. The second-order valence-electron chi connectivity index (χ2n) is 4.60. The van der Waals surface area contributed by atoms with Gasteiger partial charge in [-0.25, -0.2) is 4.79 Å². The number of hydrogen-bond acceptors (Lipinski definition) is 10. The Morgan fingerprint density at radius 3 is 2.65 bits per heavy atom. The third-order valence-electron chi connectivity index (χ3n) is 3.08. The zero-order chi connectivity index (χ0) is 17.4. The molecule has 3 N–H and O–H groups in total. The Morgan fingerprint density at radius 1 is 1.43 bits per heavy atom. The standard InChI is InChI=1S/C10H12N3O9P/c11-2-4-1-6(14)12-10(17)13(4)9-8(16)7(15)5(22-9)3-21-23(18,19)20/h1,5,7-9,15-16H,3H2,(H,12,14,17)(H2,18,19,20)/p-2/t5-,7+,8?,9-/m1/s1. The number of aromatic nitrogens is 2. The maximum atomic E-state index is 11.8. The molecule has 0 radical (unpaired) electrons. The van der Waals surface area contributed by atoms with E-state index in [-0.39, 0.29) is 0 Å². The molecular weight excluding hydrogens is 337 g/mol. The van der Waals surface area contributed by atoms with Crippen LogP contribution in [0.3, 0.4) is 0 Å². The van der Waals surface area contributed by atoms with Crippen LogP contribution in [0.4, 0.5) is 0 Å². The first-order valence-corrected chi connectivity index (χ1v) is 7.54. The van der Waals surface area contributed by atoms with Crippen LogP contribution >= 0.6 is 7.82 Å². The van der Waals surface area contributed by atoms with Crippen LogP contribution in [0.5, 0.6) is 0 Å². The first kappa shape index (κ1) is 17.5. The smallest absolute Gasteiger partial charge is 0.331 e. The van der Waals surface area contributed by atoms with E-state index in [1.165, 1.54) is 0 Å². The summed E-state index contributed by atoms with van der Waals surface area (Å²) >= 11 is 0. The van der Waals surface area contributed by atoms with Crippen LogP contribution in [0.25, 0.3) is 0 Å². The van der Waals surface area contributed by atoms with E-state index in [0.29, 0.717) is 4.57 Å². The largest absolute Gasteiger partial charge is 0.790 e. The van der Waals surface area contributed by atoms with E-state index < -0.39 is 55.9 Å². The van der Waals surface area contributed by atoms with Crippen molar-refractivity contribution < 1.29 is 33.8 Å². The predicted octanol–water partition coefficient (Wildman–Crippen LogP) is -4.13. The molecule has 1 aliphatic heterocycles. The van der Waals surface area contributed by atoms with Crippen molar-refractivity contribution in [3.05, 3.63) is 32.6 Å². The fraction of sp³-hybridized carbons (Fsp3) is 0.500. The monoisotopic (exact) mass is 347 g/mol. The van der Waals surface area contributed by atoms with Gasteiger partial charge in [0.2, 0.25) is 0 Å². The maximum Gasteiger partial charge on any atom is 0.331 e. The minimum Gasteiger partial charge on any atom is -0.790 e. The Bertz CT molecular complexity index is 790. The zero-order valence-corrected chi connectivity index (χ0v) is 12.1. The van der Waals surface area contributed by atoms with Crippen molar-refractivity contribution in [1.29, 1.82) is 5.26 Å². The first-order valence-electron chi connectivity index (χ1n) is 6.08. The van der Waals surface area contributed by atoms with Gasteiger partial charge in [0.1, 0.15) is 30.1 Å². The molecule has 1 aliphatic rings. The molecule has 0 spiro atoms. The fourth-order valence-corrected chi connectivity index (χ4v) is 2.42. The molecule has 1 aromatic rings. The number of ether oxygens (including phenoxy) is 1. The van der Waals surface area contributed by atoms with Crippen LogP contribution in [0.1, 0.15) is 11.9 Å². The number of phosphoric ester groups is 1. The molecule has 0 amide bonds. The number of nitrogens with zero attached hydrogens (tertiary/aromatic N) is 2. The highest BCUT2D eigenvalue weighted by Gasteiger charge is 2.45. The van der Waals surface area contributed by atoms with Crippen molar-refractivity contribution in [1.82, 2.24) is 9.55 Å². The van der Waals surface area contributed by atoms with Crippen molar-refractivity contribution >= 4 is 7.82 Å². The van der Waals surface area contributed by atoms with Gasteiger partial charge >= 0.3 is 5.69 Å². The van der Waals surface area contributed by atoms with E-state index in [1.807, 2.05) is 4.98 Å². The molecule has 0 saturated carbocycles. The summed E-state index contributed by atoms with van der Waals surface area (Å²) in [5.74, 6) is 0. The van der Waals surface area contributed by atoms with E-state index >= 15 is 0 Å². The van der Waals surface area contributed by atoms with Crippen LogP contribution in [0.15, 0.2) is 15.7 Å². The Labute approximate surface area is 127 Å². The van der Waals surface area contributed by atoms with Gasteiger partial charge in [0.05, 0.1) is 14.4 Å². The van der Waals surface area contributed by atoms with Gasteiger partial charge in [0, 0.05) is 6.07 Å². The summed E-state index contributed by atoms with van der Waals surface area (Å²) in [6, 6.07) is 2.33. The highest BCUT2D eigenvalue weighted by Crippen LogP contribution is 2.32. The van der Waals surface area contributed by atoms with Crippen molar-refractivity contribution in [2.24, 2.45) is 0 Å². The topological polar surface area (TPSA) is 201 Å². The summed E-state index contributed by atoms with van der Waals surface area (Å²) in [5, 5.41) is 28.6. The minimum atomic E-state index is -5.33. The highest BCUT2D eigenvalue weighted by molar-refractivity contribution is 7.43. The quantitative estimate of drug-likeness (QED) is 0.449. The van der Waals surface area contributed by atoms with Gasteiger partial charge < -0.3 is 33.8 Å². The van der Waals surface area contributed by atoms with Crippen LogP contribution in [0, 0.1) is 11.3 Å². The van der Waals surface area contributed by atoms with Crippen molar-refractivity contribution in [3.63, 3.8) is 0 Å². The molecule has 1 saturated heterocycles. The minimum absolute atomic E-state index is 0.449. The molecule has 12 nitrogen and oxygen atoms in total. The van der Waals surface area contributed by atoms with Gasteiger partial charge in [-0.15, -0.1) is 0 Å². The molecule has 0 aromatic carbocycles. The van der Waals surface area contributed by atoms with Gasteiger partial charge in [-0.05, 0) is 0 Å². The van der Waals surface area contributed by atoms with Gasteiger partial charge in [-0.2, -0.15) is 5.26 Å². The summed E-state index contributed by atoms with van der Waals surface area (Å²) in [6.07, 6.45) is -6.47. The molecule has 126 valence electrons. The Morgan fingerprint density at radius 2 is 2.09 bits per heavy atom. The van der Waals surface area contributed by atoms with Crippen LogP contribution < -0.4 is 21.0 Å². The number of aliphatic hydroxyl groups is 2. The lowest BCUT2D eigenvalue weighted by atomic mass is 10.1. The molecule has 1 unspecified atom stereocenters. The summed E-state index contributed by atoms with van der Waals surface area (Å²) in [4.78, 5) is 45.7. The zero-order valence-electron chi connectivity index (χ0n) is 11.2. The number of hydrogen-bond donors (Lipinski definition) is 3. The first-order chi connectivity index (χ1) is 10.6. The lowest BCUT2D eigenvalue weighted by Gasteiger charge is -2.30. The number of nitriles is 1. The molecule has 4 atom stereocenters. The second-order valence-corrected chi connectivity index (χ2v) is 5.75. The van der Waals surface area contributed by atoms with Gasteiger partial charge in [0.25, 0.3) is 5.56 Å². The molecule has 13 heteroatoms. The van der Waals surface area contributed by atoms with E-state index in [1.54, 1.807) is 6.07 Å². The fourth-order valence-electron chi connectivity index (χ4n) is 2.09. The number of aliphatic hydroxyl groups excluding tert-OH is 2. The molecule has 1 aromatic heterocycles. The third-order valence-corrected chi connectivity index (χ3v) is 3.54. The number of nitrogens with one attached hydrogen (secondary N) is 1. The number of rotatable bonds is 4. The molecule has 1 fully saturated rings. The number of phosphoric acid groups is 1. The lowest BCUT2D eigenvalue weighted by Crippen LogP contribution is -2.39. The highest BCUT2D eigenvalue weighted by atomic mass is 31.2. The molecule has 0 aliphatic carbocycles. The summed E-state index contributed by atoms with van der Waals surface area (Å²) < 4.78 is 20.1. The van der Waals surface area contributed by atoms with Crippen LogP contribution in [0.2, 0.25) is 0 Å². The van der Waals surface area contributed by atoms with Crippen molar-refractivity contribution in [2.45, 2.75) is 24.5 Å². The van der Waals surface area contributed by atoms with E-state index in [4.69, 9.17) is 10.00 Å². The van der Waals surface area contributed by atoms with Crippen molar-refractivity contribution in [3.8, 4) is 6.07 Å². The average Bonchev–Trinajstić information content (AvgIpc) is 2.71. The summed E-state index contributed by atoms with van der Waals surface area (Å²) in [6.45, 7) is -0.890. The van der Waals surface area contributed by atoms with E-state index in [2.05, 4.69) is 4.52 Å². The predicted molar refractivity (Wildman–Crippen MR) is 65.5 cm³/mol. The lowest BCUT2D eigenvalue weighted by molar-refractivity contribution is -0.343. The molecular formula is C10H10N3O9P-2. The molecule has 2 heterocycles. The number of H-pyrrole nitrogens is 1. The van der Waals surface area contributed by atoms with Crippen LogP contribution in [-0.2, 0) is 13.8 Å². The Hall–Kier alpha value is -1.84. The van der Waals surface area contributed by atoms with E-state index in [0.717, 1.165) is 6.07 Å². The van der Waals surface area contributed by atoms with Crippen molar-refractivity contribution in [2.75, 3.05) is 6.61 Å². The Kier molecular flexibility index (Phi) is 4.83. The van der Waals surface area contributed by atoms with Crippen LogP contribution in [-0.4, -0.2) is 44.7 Å². The van der Waals surface area contributed by atoms with Gasteiger partial charge in [-0.1, -0.05) is 0 Å². The summed E-state index contributed by atoms with van der Waals surface area (Å²) in [7, 11) is -5.33. The summed E-state index contributed by atoms with van der Waals surface area (Å²) in [5.41, 5.74) is -2.38. The van der Waals surface area contributed by atoms with Gasteiger partial charge in [-0.3, -0.25) is 14.3 Å². The maximum absolute atomic E-state index is 11.8. The Balaban J connectivity index is 2.32. The van der Waals surface area contributed by atoms with E-state index in [9.17, 15) is 34.2 Å². The number of aromatic amines is 1.